The molecule has 1 aliphatic heterocycles. The van der Waals surface area contributed by atoms with Crippen molar-refractivity contribution >= 4 is 0 Å². The first kappa shape index (κ1) is 13.3. The first-order valence-electron chi connectivity index (χ1n) is 7.06. The summed E-state index contributed by atoms with van der Waals surface area (Å²) in [5.41, 5.74) is 2.20. The highest BCUT2D eigenvalue weighted by Gasteiger charge is 2.18. The summed E-state index contributed by atoms with van der Waals surface area (Å²) in [7, 11) is 0. The molecule has 1 saturated heterocycles. The van der Waals surface area contributed by atoms with Gasteiger partial charge in [0.05, 0.1) is 6.54 Å². The zero-order valence-corrected chi connectivity index (χ0v) is 12.0. The van der Waals surface area contributed by atoms with E-state index >= 15 is 0 Å². The fourth-order valence-corrected chi connectivity index (χ4v) is 2.49. The maximum Gasteiger partial charge on any atom is 0.257 e. The molecule has 1 N–H and O–H groups in total. The molecule has 1 aliphatic rings. The third-order valence-electron chi connectivity index (χ3n) is 3.58. The van der Waals surface area contributed by atoms with E-state index < -0.39 is 0 Å². The predicted molar refractivity (Wildman–Crippen MR) is 77.2 cm³/mol. The molecule has 0 bridgehead atoms. The molecule has 0 aliphatic carbocycles. The van der Waals surface area contributed by atoms with Crippen molar-refractivity contribution in [2.75, 3.05) is 19.6 Å². The molecule has 5 nitrogen and oxygen atoms in total. The third-order valence-corrected chi connectivity index (χ3v) is 3.58. The molecule has 5 heteroatoms. The number of benzene rings is 1. The second kappa shape index (κ2) is 5.73. The average molecular weight is 272 g/mol. The fourth-order valence-electron chi connectivity index (χ4n) is 2.49. The Morgan fingerprint density at radius 1 is 1.35 bits per heavy atom. The van der Waals surface area contributed by atoms with E-state index in [9.17, 15) is 0 Å². The van der Waals surface area contributed by atoms with Crippen LogP contribution in [0.5, 0.6) is 0 Å². The highest BCUT2D eigenvalue weighted by molar-refractivity contribution is 5.53. The zero-order chi connectivity index (χ0) is 13.9. The summed E-state index contributed by atoms with van der Waals surface area (Å²) >= 11 is 0. The molecule has 0 radical (unpaired) electrons. The number of aryl methyl sites for hydroxylation is 1. The topological polar surface area (TPSA) is 54.2 Å². The highest BCUT2D eigenvalue weighted by atomic mass is 16.5. The van der Waals surface area contributed by atoms with Crippen molar-refractivity contribution in [1.82, 2.24) is 20.4 Å². The fraction of sp³-hybridized carbons (Fsp3) is 0.467. The van der Waals surface area contributed by atoms with E-state index in [2.05, 4.69) is 46.3 Å². The number of nitrogens with zero attached hydrogens (tertiary/aromatic N) is 3. The van der Waals surface area contributed by atoms with Gasteiger partial charge >= 0.3 is 0 Å². The van der Waals surface area contributed by atoms with Crippen LogP contribution in [0, 0.1) is 6.92 Å². The molecule has 0 saturated carbocycles. The van der Waals surface area contributed by atoms with Gasteiger partial charge < -0.3 is 9.84 Å². The van der Waals surface area contributed by atoms with Crippen molar-refractivity contribution < 1.29 is 4.52 Å². The first-order chi connectivity index (χ1) is 9.70. The van der Waals surface area contributed by atoms with Crippen molar-refractivity contribution in [2.24, 2.45) is 0 Å². The molecule has 1 atom stereocenters. The van der Waals surface area contributed by atoms with E-state index in [1.165, 1.54) is 5.56 Å². The summed E-state index contributed by atoms with van der Waals surface area (Å²) in [5.74, 6) is 1.36. The average Bonchev–Trinajstić information content (AvgIpc) is 2.88. The summed E-state index contributed by atoms with van der Waals surface area (Å²) in [6.45, 7) is 8.08. The van der Waals surface area contributed by atoms with Crippen molar-refractivity contribution in [1.29, 1.82) is 0 Å². The van der Waals surface area contributed by atoms with Crippen LogP contribution >= 0.6 is 0 Å². The number of nitrogens with one attached hydrogen (secondary N) is 1. The highest BCUT2D eigenvalue weighted by Crippen LogP contribution is 2.18. The molecule has 0 spiro atoms. The lowest BCUT2D eigenvalue weighted by Gasteiger charge is -2.30. The SMILES string of the molecule is Cc1ccc(-c2nc(CN3CCN[C@@H](C)C3)no2)cc1. The zero-order valence-electron chi connectivity index (χ0n) is 12.0. The summed E-state index contributed by atoms with van der Waals surface area (Å²) in [4.78, 5) is 6.84. The Hall–Kier alpha value is -1.72. The predicted octanol–water partition coefficient (Wildman–Crippen LogP) is 1.84. The van der Waals surface area contributed by atoms with Crippen LogP contribution in [0.3, 0.4) is 0 Å². The summed E-state index contributed by atoms with van der Waals surface area (Å²) < 4.78 is 5.36. The third kappa shape index (κ3) is 3.05. The van der Waals surface area contributed by atoms with Crippen LogP contribution in [0.15, 0.2) is 28.8 Å². The molecule has 2 aromatic rings. The molecule has 0 amide bonds. The Balaban J connectivity index is 1.69. The van der Waals surface area contributed by atoms with Gasteiger partial charge in [0.1, 0.15) is 0 Å². The Bertz CT molecular complexity index is 564. The van der Waals surface area contributed by atoms with Gasteiger partial charge in [-0.3, -0.25) is 4.90 Å². The van der Waals surface area contributed by atoms with Crippen molar-refractivity contribution in [3.8, 4) is 11.5 Å². The molecule has 0 unspecified atom stereocenters. The van der Waals surface area contributed by atoms with Gasteiger partial charge in [-0.2, -0.15) is 4.98 Å². The minimum atomic E-state index is 0.521. The van der Waals surface area contributed by atoms with Crippen LogP contribution in [-0.4, -0.2) is 40.7 Å². The van der Waals surface area contributed by atoms with Gasteiger partial charge in [0.2, 0.25) is 0 Å². The second-order valence-corrected chi connectivity index (χ2v) is 5.47. The normalized spacial score (nSPS) is 20.2. The van der Waals surface area contributed by atoms with Crippen LogP contribution in [0.1, 0.15) is 18.3 Å². The quantitative estimate of drug-likeness (QED) is 0.924. The molecule has 3 rings (SSSR count). The van der Waals surface area contributed by atoms with E-state index in [0.29, 0.717) is 11.9 Å². The molecular weight excluding hydrogens is 252 g/mol. The van der Waals surface area contributed by atoms with Crippen molar-refractivity contribution in [2.45, 2.75) is 26.4 Å². The molecule has 1 aromatic carbocycles. The Labute approximate surface area is 119 Å². The van der Waals surface area contributed by atoms with E-state index in [1.807, 2.05) is 12.1 Å². The lowest BCUT2D eigenvalue weighted by molar-refractivity contribution is 0.193. The lowest BCUT2D eigenvalue weighted by atomic mass is 10.1. The van der Waals surface area contributed by atoms with Crippen LogP contribution in [0.2, 0.25) is 0 Å². The van der Waals surface area contributed by atoms with E-state index in [-0.39, 0.29) is 0 Å². The van der Waals surface area contributed by atoms with Gasteiger partial charge in [-0.1, -0.05) is 22.9 Å². The van der Waals surface area contributed by atoms with E-state index in [4.69, 9.17) is 4.52 Å². The molecule has 2 heterocycles. The number of hydrogen-bond donors (Lipinski definition) is 1. The first-order valence-corrected chi connectivity index (χ1v) is 7.06. The number of hydrogen-bond acceptors (Lipinski definition) is 5. The number of rotatable bonds is 3. The molecule has 106 valence electrons. The Morgan fingerprint density at radius 3 is 2.90 bits per heavy atom. The van der Waals surface area contributed by atoms with Crippen molar-refractivity contribution in [3.63, 3.8) is 0 Å². The largest absolute Gasteiger partial charge is 0.334 e. The van der Waals surface area contributed by atoms with Gasteiger partial charge in [-0.15, -0.1) is 0 Å². The molecule has 1 aromatic heterocycles. The minimum absolute atomic E-state index is 0.521. The minimum Gasteiger partial charge on any atom is -0.334 e. The van der Waals surface area contributed by atoms with E-state index in [1.54, 1.807) is 0 Å². The molecule has 20 heavy (non-hydrogen) atoms. The second-order valence-electron chi connectivity index (χ2n) is 5.47. The maximum atomic E-state index is 5.36. The lowest BCUT2D eigenvalue weighted by Crippen LogP contribution is -2.48. The Morgan fingerprint density at radius 2 is 2.15 bits per heavy atom. The molecule has 1 fully saturated rings. The van der Waals surface area contributed by atoms with Crippen LogP contribution < -0.4 is 5.32 Å². The van der Waals surface area contributed by atoms with Crippen LogP contribution in [0.25, 0.3) is 11.5 Å². The maximum absolute atomic E-state index is 5.36. The summed E-state index contributed by atoms with van der Waals surface area (Å²) in [6.07, 6.45) is 0. The van der Waals surface area contributed by atoms with Crippen molar-refractivity contribution in [3.05, 3.63) is 35.7 Å². The smallest absolute Gasteiger partial charge is 0.257 e. The summed E-state index contributed by atoms with van der Waals surface area (Å²) in [6, 6.07) is 8.65. The monoisotopic (exact) mass is 272 g/mol. The van der Waals surface area contributed by atoms with Gasteiger partial charge in [0.15, 0.2) is 5.82 Å². The Kier molecular flexibility index (Phi) is 3.80. The van der Waals surface area contributed by atoms with Crippen LogP contribution in [0.4, 0.5) is 0 Å². The number of aromatic nitrogens is 2. The van der Waals surface area contributed by atoms with Gasteiger partial charge in [-0.05, 0) is 26.0 Å². The van der Waals surface area contributed by atoms with Crippen LogP contribution in [-0.2, 0) is 6.54 Å². The standard InChI is InChI=1S/C15H20N4O/c1-11-3-5-13(6-4-11)15-17-14(18-20-15)10-19-8-7-16-12(2)9-19/h3-6,12,16H,7-10H2,1-2H3/t12-/m0/s1. The molecular formula is C15H20N4O. The number of piperazine rings is 1. The summed E-state index contributed by atoms with van der Waals surface area (Å²) in [5, 5.41) is 7.51. The van der Waals surface area contributed by atoms with Gasteiger partial charge in [-0.25, -0.2) is 0 Å². The van der Waals surface area contributed by atoms with Gasteiger partial charge in [0, 0.05) is 31.2 Å². The van der Waals surface area contributed by atoms with Gasteiger partial charge in [0.25, 0.3) is 5.89 Å². The van der Waals surface area contributed by atoms with E-state index in [0.717, 1.165) is 37.6 Å².